The summed E-state index contributed by atoms with van der Waals surface area (Å²) in [5, 5.41) is 7.23. The van der Waals surface area contributed by atoms with Gasteiger partial charge in [0.05, 0.1) is 0 Å². The summed E-state index contributed by atoms with van der Waals surface area (Å²) < 4.78 is 5.42. The Morgan fingerprint density at radius 1 is 1.15 bits per heavy atom. The van der Waals surface area contributed by atoms with E-state index in [1.807, 2.05) is 11.6 Å². The molecule has 1 saturated heterocycles. The SMILES string of the molecule is c1csc(N2CCCN(c3nc(C4CC4)no3)CC2)n1. The van der Waals surface area contributed by atoms with Crippen molar-refractivity contribution < 1.29 is 4.52 Å². The van der Waals surface area contributed by atoms with E-state index >= 15 is 0 Å². The molecule has 1 aliphatic heterocycles. The van der Waals surface area contributed by atoms with Crippen molar-refractivity contribution in [1.82, 2.24) is 15.1 Å². The summed E-state index contributed by atoms with van der Waals surface area (Å²) in [6.45, 7) is 3.86. The Labute approximate surface area is 121 Å². The summed E-state index contributed by atoms with van der Waals surface area (Å²) in [4.78, 5) is 13.5. The van der Waals surface area contributed by atoms with Crippen LogP contribution in [0.3, 0.4) is 0 Å². The summed E-state index contributed by atoms with van der Waals surface area (Å²) in [7, 11) is 0. The summed E-state index contributed by atoms with van der Waals surface area (Å²) >= 11 is 1.70. The lowest BCUT2D eigenvalue weighted by atomic mass is 10.4. The quantitative estimate of drug-likeness (QED) is 0.863. The Bertz CT molecular complexity index is 565. The molecule has 0 bridgehead atoms. The van der Waals surface area contributed by atoms with Gasteiger partial charge in [-0.1, -0.05) is 5.16 Å². The van der Waals surface area contributed by atoms with Crippen LogP contribution in [0.15, 0.2) is 16.1 Å². The van der Waals surface area contributed by atoms with Crippen LogP contribution >= 0.6 is 11.3 Å². The van der Waals surface area contributed by atoms with Crippen LogP contribution in [0.25, 0.3) is 0 Å². The Balaban J connectivity index is 1.44. The minimum atomic E-state index is 0.547. The average molecular weight is 291 g/mol. The monoisotopic (exact) mass is 291 g/mol. The molecule has 0 unspecified atom stereocenters. The van der Waals surface area contributed by atoms with Crippen LogP contribution in [0.2, 0.25) is 0 Å². The van der Waals surface area contributed by atoms with Gasteiger partial charge in [-0.2, -0.15) is 4.98 Å². The van der Waals surface area contributed by atoms with Gasteiger partial charge >= 0.3 is 6.01 Å². The van der Waals surface area contributed by atoms with Gasteiger partial charge in [0.25, 0.3) is 0 Å². The van der Waals surface area contributed by atoms with Gasteiger partial charge < -0.3 is 14.3 Å². The smallest absolute Gasteiger partial charge is 0.324 e. The molecule has 3 heterocycles. The standard InChI is InChI=1S/C13H17N5OS/c1-5-17(12-15-11(16-19-12)10-2-3-10)7-8-18(6-1)13-14-4-9-20-13/h4,9-10H,1-3,5-8H2. The van der Waals surface area contributed by atoms with E-state index in [-0.39, 0.29) is 0 Å². The fraction of sp³-hybridized carbons (Fsp3) is 0.615. The summed E-state index contributed by atoms with van der Waals surface area (Å²) in [5.74, 6) is 1.44. The lowest BCUT2D eigenvalue weighted by molar-refractivity contribution is 0.407. The Hall–Kier alpha value is -1.63. The number of aromatic nitrogens is 3. The van der Waals surface area contributed by atoms with Gasteiger partial charge in [-0.3, -0.25) is 0 Å². The summed E-state index contributed by atoms with van der Waals surface area (Å²) in [6.07, 6.45) is 5.36. The maximum atomic E-state index is 5.42. The topological polar surface area (TPSA) is 58.3 Å². The molecule has 2 aromatic heterocycles. The minimum absolute atomic E-state index is 0.547. The number of nitrogens with zero attached hydrogens (tertiary/aromatic N) is 5. The average Bonchev–Trinajstić information content (AvgIpc) is 3.05. The molecule has 0 amide bonds. The third-order valence-corrected chi connectivity index (χ3v) is 4.66. The lowest BCUT2D eigenvalue weighted by Gasteiger charge is -2.19. The van der Waals surface area contributed by atoms with Crippen molar-refractivity contribution in [2.24, 2.45) is 0 Å². The van der Waals surface area contributed by atoms with E-state index < -0.39 is 0 Å². The van der Waals surface area contributed by atoms with E-state index in [0.717, 1.165) is 43.6 Å². The lowest BCUT2D eigenvalue weighted by Crippen LogP contribution is -2.30. The molecule has 2 aromatic rings. The zero-order valence-corrected chi connectivity index (χ0v) is 12.1. The van der Waals surface area contributed by atoms with Crippen LogP contribution in [0.5, 0.6) is 0 Å². The van der Waals surface area contributed by atoms with Gasteiger partial charge in [0.15, 0.2) is 11.0 Å². The predicted octanol–water partition coefficient (Wildman–Crippen LogP) is 2.12. The summed E-state index contributed by atoms with van der Waals surface area (Å²) in [5.41, 5.74) is 0. The molecule has 1 aliphatic carbocycles. The molecule has 0 aromatic carbocycles. The second-order valence-electron chi connectivity index (χ2n) is 5.35. The predicted molar refractivity (Wildman–Crippen MR) is 77.4 cm³/mol. The van der Waals surface area contributed by atoms with Crippen LogP contribution in [0, 0.1) is 0 Å². The third kappa shape index (κ3) is 2.37. The number of hydrogen-bond donors (Lipinski definition) is 0. The molecule has 4 rings (SSSR count). The van der Waals surface area contributed by atoms with Crippen LogP contribution in [-0.2, 0) is 0 Å². The normalized spacial score (nSPS) is 20.2. The van der Waals surface area contributed by atoms with Gasteiger partial charge in [-0.25, -0.2) is 4.98 Å². The molecule has 106 valence electrons. The highest BCUT2D eigenvalue weighted by molar-refractivity contribution is 7.13. The van der Waals surface area contributed by atoms with Crippen molar-refractivity contribution in [2.45, 2.75) is 25.2 Å². The van der Waals surface area contributed by atoms with E-state index in [4.69, 9.17) is 4.52 Å². The van der Waals surface area contributed by atoms with Crippen LogP contribution < -0.4 is 9.80 Å². The van der Waals surface area contributed by atoms with Gasteiger partial charge in [0.2, 0.25) is 0 Å². The minimum Gasteiger partial charge on any atom is -0.346 e. The van der Waals surface area contributed by atoms with Crippen LogP contribution in [-0.4, -0.2) is 41.3 Å². The van der Waals surface area contributed by atoms with Crippen molar-refractivity contribution in [3.8, 4) is 0 Å². The van der Waals surface area contributed by atoms with Gasteiger partial charge in [0.1, 0.15) is 0 Å². The molecular formula is C13H17N5OS. The second kappa shape index (κ2) is 5.05. The first-order chi connectivity index (χ1) is 9.90. The summed E-state index contributed by atoms with van der Waals surface area (Å²) in [6, 6.07) is 0.688. The fourth-order valence-electron chi connectivity index (χ4n) is 2.53. The van der Waals surface area contributed by atoms with E-state index in [0.29, 0.717) is 11.9 Å². The molecule has 2 aliphatic rings. The molecule has 2 fully saturated rings. The zero-order chi connectivity index (χ0) is 13.4. The van der Waals surface area contributed by atoms with Gasteiger partial charge in [-0.15, -0.1) is 11.3 Å². The van der Waals surface area contributed by atoms with Crippen molar-refractivity contribution in [2.75, 3.05) is 36.0 Å². The number of anilines is 2. The van der Waals surface area contributed by atoms with Crippen LogP contribution in [0.1, 0.15) is 31.0 Å². The molecule has 0 atom stereocenters. The highest BCUT2D eigenvalue weighted by Gasteiger charge is 2.30. The first-order valence-corrected chi connectivity index (χ1v) is 8.01. The van der Waals surface area contributed by atoms with Crippen molar-refractivity contribution in [3.63, 3.8) is 0 Å². The number of hydrogen-bond acceptors (Lipinski definition) is 7. The molecule has 0 spiro atoms. The van der Waals surface area contributed by atoms with E-state index in [1.165, 1.54) is 12.8 Å². The Morgan fingerprint density at radius 2 is 2.00 bits per heavy atom. The molecule has 0 N–H and O–H groups in total. The van der Waals surface area contributed by atoms with Crippen LogP contribution in [0.4, 0.5) is 11.1 Å². The molecule has 7 heteroatoms. The fourth-order valence-corrected chi connectivity index (χ4v) is 3.23. The van der Waals surface area contributed by atoms with E-state index in [9.17, 15) is 0 Å². The largest absolute Gasteiger partial charge is 0.346 e. The highest BCUT2D eigenvalue weighted by atomic mass is 32.1. The number of rotatable bonds is 3. The molecular weight excluding hydrogens is 274 g/mol. The van der Waals surface area contributed by atoms with Crippen molar-refractivity contribution in [3.05, 3.63) is 17.4 Å². The van der Waals surface area contributed by atoms with Gasteiger partial charge in [0, 0.05) is 43.7 Å². The first-order valence-electron chi connectivity index (χ1n) is 7.13. The van der Waals surface area contributed by atoms with Gasteiger partial charge in [-0.05, 0) is 19.3 Å². The molecule has 1 saturated carbocycles. The zero-order valence-electron chi connectivity index (χ0n) is 11.2. The van der Waals surface area contributed by atoms with E-state index in [2.05, 4.69) is 24.9 Å². The first kappa shape index (κ1) is 12.1. The van der Waals surface area contributed by atoms with Crippen molar-refractivity contribution in [1.29, 1.82) is 0 Å². The Kier molecular flexibility index (Phi) is 3.06. The number of thiazole rings is 1. The van der Waals surface area contributed by atoms with E-state index in [1.54, 1.807) is 11.3 Å². The third-order valence-electron chi connectivity index (χ3n) is 3.83. The van der Waals surface area contributed by atoms with Crippen molar-refractivity contribution >= 4 is 22.5 Å². The molecule has 6 nitrogen and oxygen atoms in total. The Morgan fingerprint density at radius 3 is 2.80 bits per heavy atom. The maximum absolute atomic E-state index is 5.42. The molecule has 0 radical (unpaired) electrons. The molecule has 20 heavy (non-hydrogen) atoms. The second-order valence-corrected chi connectivity index (χ2v) is 6.22. The maximum Gasteiger partial charge on any atom is 0.324 e. The highest BCUT2D eigenvalue weighted by Crippen LogP contribution is 2.38.